The van der Waals surface area contributed by atoms with E-state index >= 15 is 0 Å². The summed E-state index contributed by atoms with van der Waals surface area (Å²) < 4.78 is 32.3. The first kappa shape index (κ1) is 12.9. The number of fused-ring (bicyclic) bond motifs is 1. The van der Waals surface area contributed by atoms with Crippen molar-refractivity contribution in [2.75, 3.05) is 19.8 Å². The highest BCUT2D eigenvalue weighted by Gasteiger charge is 2.42. The highest BCUT2D eigenvalue weighted by molar-refractivity contribution is 7.89. The van der Waals surface area contributed by atoms with E-state index in [-0.39, 0.29) is 16.9 Å². The summed E-state index contributed by atoms with van der Waals surface area (Å²) >= 11 is 0. The summed E-state index contributed by atoms with van der Waals surface area (Å²) in [4.78, 5) is 0.269. The van der Waals surface area contributed by atoms with Crippen LogP contribution in [0.4, 0.5) is 0 Å². The molecule has 1 heterocycles. The summed E-state index contributed by atoms with van der Waals surface area (Å²) in [7, 11) is -3.50. The number of sulfonamides is 1. The summed E-state index contributed by atoms with van der Waals surface area (Å²) in [5.74, 6) is 0.771. The highest BCUT2D eigenvalue weighted by atomic mass is 32.2. The van der Waals surface area contributed by atoms with Crippen molar-refractivity contribution < 1.29 is 18.3 Å². The molecule has 1 saturated carbocycles. The molecule has 0 bridgehead atoms. The molecule has 0 amide bonds. The van der Waals surface area contributed by atoms with E-state index < -0.39 is 10.0 Å². The van der Waals surface area contributed by atoms with Crippen LogP contribution < -0.4 is 9.46 Å². The normalized spacial score (nSPS) is 19.8. The Morgan fingerprint density at radius 3 is 2.84 bits per heavy atom. The molecule has 19 heavy (non-hydrogen) atoms. The van der Waals surface area contributed by atoms with Gasteiger partial charge in [0, 0.05) is 25.0 Å². The second-order valence-electron chi connectivity index (χ2n) is 5.35. The third-order valence-electron chi connectivity index (χ3n) is 3.90. The Balaban J connectivity index is 1.76. The molecule has 0 aromatic heterocycles. The van der Waals surface area contributed by atoms with E-state index in [4.69, 9.17) is 4.74 Å². The number of aliphatic hydroxyl groups excluding tert-OH is 1. The number of ether oxygens (including phenoxy) is 1. The Hall–Kier alpha value is -1.11. The molecule has 1 aliphatic carbocycles. The monoisotopic (exact) mass is 283 g/mol. The predicted molar refractivity (Wildman–Crippen MR) is 69.6 cm³/mol. The first-order valence-corrected chi connectivity index (χ1v) is 7.89. The third kappa shape index (κ3) is 2.48. The van der Waals surface area contributed by atoms with E-state index in [1.165, 1.54) is 0 Å². The van der Waals surface area contributed by atoms with Gasteiger partial charge in [-0.3, -0.25) is 0 Å². The minimum Gasteiger partial charge on any atom is -0.493 e. The van der Waals surface area contributed by atoms with Gasteiger partial charge in [0.2, 0.25) is 10.0 Å². The maximum absolute atomic E-state index is 12.2. The molecule has 1 fully saturated rings. The van der Waals surface area contributed by atoms with Gasteiger partial charge in [-0.15, -0.1) is 0 Å². The molecule has 0 radical (unpaired) electrons. The first-order chi connectivity index (χ1) is 9.05. The van der Waals surface area contributed by atoms with E-state index in [0.717, 1.165) is 30.6 Å². The molecule has 2 aliphatic rings. The molecule has 0 saturated heterocycles. The predicted octanol–water partition coefficient (Wildman–Crippen LogP) is 0.672. The first-order valence-electron chi connectivity index (χ1n) is 6.41. The zero-order valence-electron chi connectivity index (χ0n) is 10.6. The van der Waals surface area contributed by atoms with Crippen molar-refractivity contribution in [2.45, 2.75) is 24.2 Å². The van der Waals surface area contributed by atoms with Crippen molar-refractivity contribution in [3.8, 4) is 5.75 Å². The Morgan fingerprint density at radius 2 is 2.16 bits per heavy atom. The van der Waals surface area contributed by atoms with Gasteiger partial charge in [0.05, 0.1) is 11.5 Å². The Kier molecular flexibility index (Phi) is 3.03. The van der Waals surface area contributed by atoms with Crippen molar-refractivity contribution in [3.63, 3.8) is 0 Å². The molecule has 0 unspecified atom stereocenters. The van der Waals surface area contributed by atoms with Crippen LogP contribution in [0.2, 0.25) is 0 Å². The minimum atomic E-state index is -3.50. The fourth-order valence-electron chi connectivity index (χ4n) is 2.23. The van der Waals surface area contributed by atoms with Crippen molar-refractivity contribution in [1.82, 2.24) is 4.72 Å². The number of hydrogen-bond donors (Lipinski definition) is 2. The van der Waals surface area contributed by atoms with Gasteiger partial charge in [-0.1, -0.05) is 0 Å². The third-order valence-corrected chi connectivity index (χ3v) is 5.30. The van der Waals surface area contributed by atoms with Gasteiger partial charge in [0.25, 0.3) is 0 Å². The van der Waals surface area contributed by atoms with Gasteiger partial charge in [0.15, 0.2) is 0 Å². The van der Waals surface area contributed by atoms with Crippen LogP contribution in [0.5, 0.6) is 5.75 Å². The van der Waals surface area contributed by atoms with Crippen LogP contribution in [0, 0.1) is 5.41 Å². The standard InChI is InChI=1S/C13H17NO4S/c15-9-13(4-5-13)8-14-19(16,17)11-1-2-12-10(7-11)3-6-18-12/h1-2,7,14-15H,3-6,8-9H2. The van der Waals surface area contributed by atoms with Crippen molar-refractivity contribution >= 4 is 10.0 Å². The van der Waals surface area contributed by atoms with Crippen LogP contribution in [-0.4, -0.2) is 33.3 Å². The fraction of sp³-hybridized carbons (Fsp3) is 0.538. The molecule has 2 N–H and O–H groups in total. The van der Waals surface area contributed by atoms with Crippen LogP contribution in [-0.2, 0) is 16.4 Å². The molecule has 0 spiro atoms. The molecule has 0 atom stereocenters. The molecule has 1 aromatic rings. The largest absolute Gasteiger partial charge is 0.493 e. The summed E-state index contributed by atoms with van der Waals surface area (Å²) in [5, 5.41) is 9.20. The lowest BCUT2D eigenvalue weighted by Gasteiger charge is -2.13. The van der Waals surface area contributed by atoms with Gasteiger partial charge in [-0.25, -0.2) is 13.1 Å². The van der Waals surface area contributed by atoms with E-state index in [1.807, 2.05) is 0 Å². The molecule has 1 aromatic carbocycles. The maximum atomic E-state index is 12.2. The van der Waals surface area contributed by atoms with Crippen LogP contribution >= 0.6 is 0 Å². The molecule has 6 heteroatoms. The van der Waals surface area contributed by atoms with E-state index in [0.29, 0.717) is 13.2 Å². The number of nitrogens with one attached hydrogen (secondary N) is 1. The Morgan fingerprint density at radius 1 is 1.37 bits per heavy atom. The van der Waals surface area contributed by atoms with Gasteiger partial charge < -0.3 is 9.84 Å². The fourth-order valence-corrected chi connectivity index (χ4v) is 3.44. The second kappa shape index (κ2) is 4.47. The van der Waals surface area contributed by atoms with Crippen LogP contribution in [0.3, 0.4) is 0 Å². The summed E-state index contributed by atoms with van der Waals surface area (Å²) in [5.41, 5.74) is 0.707. The SMILES string of the molecule is O=S(=O)(NCC1(CO)CC1)c1ccc2c(c1)CCO2. The van der Waals surface area contributed by atoms with Gasteiger partial charge in [0.1, 0.15) is 5.75 Å². The number of hydrogen-bond acceptors (Lipinski definition) is 4. The highest BCUT2D eigenvalue weighted by Crippen LogP contribution is 2.44. The number of aliphatic hydroxyl groups is 1. The molecule has 3 rings (SSSR count). The molecule has 104 valence electrons. The quantitative estimate of drug-likeness (QED) is 0.833. The Labute approximate surface area is 112 Å². The summed E-state index contributed by atoms with van der Waals surface area (Å²) in [6, 6.07) is 4.93. The van der Waals surface area contributed by atoms with Crippen molar-refractivity contribution in [3.05, 3.63) is 23.8 Å². The van der Waals surface area contributed by atoms with Crippen LogP contribution in [0.1, 0.15) is 18.4 Å². The average Bonchev–Trinajstić information content (AvgIpc) is 3.05. The van der Waals surface area contributed by atoms with Crippen molar-refractivity contribution in [2.24, 2.45) is 5.41 Å². The smallest absolute Gasteiger partial charge is 0.240 e. The molecule has 1 aliphatic heterocycles. The second-order valence-corrected chi connectivity index (χ2v) is 7.12. The minimum absolute atomic E-state index is 0.0353. The summed E-state index contributed by atoms with van der Waals surface area (Å²) in [6.45, 7) is 0.951. The van der Waals surface area contributed by atoms with Gasteiger partial charge >= 0.3 is 0 Å². The molecule has 5 nitrogen and oxygen atoms in total. The van der Waals surface area contributed by atoms with Crippen LogP contribution in [0.25, 0.3) is 0 Å². The topological polar surface area (TPSA) is 75.6 Å². The number of rotatable bonds is 5. The lowest BCUT2D eigenvalue weighted by atomic mass is 10.1. The van der Waals surface area contributed by atoms with Crippen LogP contribution in [0.15, 0.2) is 23.1 Å². The van der Waals surface area contributed by atoms with E-state index in [1.54, 1.807) is 18.2 Å². The maximum Gasteiger partial charge on any atom is 0.240 e. The molecular formula is C13H17NO4S. The average molecular weight is 283 g/mol. The van der Waals surface area contributed by atoms with E-state index in [2.05, 4.69) is 4.72 Å². The zero-order chi connectivity index (χ0) is 13.5. The van der Waals surface area contributed by atoms with E-state index in [9.17, 15) is 13.5 Å². The van der Waals surface area contributed by atoms with Gasteiger partial charge in [-0.2, -0.15) is 0 Å². The van der Waals surface area contributed by atoms with Crippen molar-refractivity contribution in [1.29, 1.82) is 0 Å². The zero-order valence-corrected chi connectivity index (χ0v) is 11.4. The lowest BCUT2D eigenvalue weighted by Crippen LogP contribution is -2.31. The lowest BCUT2D eigenvalue weighted by molar-refractivity contribution is 0.213. The Bertz CT molecular complexity index is 593. The number of benzene rings is 1. The summed E-state index contributed by atoms with van der Waals surface area (Å²) in [6.07, 6.45) is 2.51. The molecular weight excluding hydrogens is 266 g/mol. The van der Waals surface area contributed by atoms with Gasteiger partial charge in [-0.05, 0) is 36.6 Å².